The van der Waals surface area contributed by atoms with Crippen molar-refractivity contribution in [3.05, 3.63) is 29.6 Å². The third-order valence-corrected chi connectivity index (χ3v) is 2.21. The summed E-state index contributed by atoms with van der Waals surface area (Å²) in [5.74, 6) is 0.221. The van der Waals surface area contributed by atoms with Crippen LogP contribution in [0.1, 0.15) is 5.56 Å². The van der Waals surface area contributed by atoms with Crippen LogP contribution < -0.4 is 10.1 Å². The van der Waals surface area contributed by atoms with Gasteiger partial charge in [-0.3, -0.25) is 0 Å². The Kier molecular flexibility index (Phi) is 4.10. The Bertz CT molecular complexity index is 382. The molecule has 0 aliphatic rings. The molecule has 0 bridgehead atoms. The molecule has 4 nitrogen and oxygen atoms in total. The molecule has 0 fully saturated rings. The number of carbonyl (C=O) groups is 1. The van der Waals surface area contributed by atoms with E-state index in [-0.39, 0.29) is 11.8 Å². The number of amides is 2. The Labute approximate surface area is 94.0 Å². The fraction of sp³-hybridized carbons (Fsp3) is 0.364. The highest BCUT2D eigenvalue weighted by molar-refractivity contribution is 5.73. The van der Waals surface area contributed by atoms with Crippen molar-refractivity contribution in [3.8, 4) is 5.75 Å². The van der Waals surface area contributed by atoms with Crippen LogP contribution in [0.25, 0.3) is 0 Å². The number of nitrogens with one attached hydrogen (secondary N) is 1. The van der Waals surface area contributed by atoms with Gasteiger partial charge in [0.2, 0.25) is 0 Å². The molecule has 0 atom stereocenters. The third-order valence-electron chi connectivity index (χ3n) is 2.21. The largest absolute Gasteiger partial charge is 0.496 e. The van der Waals surface area contributed by atoms with Crippen LogP contribution in [0.15, 0.2) is 18.2 Å². The van der Waals surface area contributed by atoms with E-state index >= 15 is 0 Å². The number of nitrogens with zero attached hydrogens (tertiary/aromatic N) is 1. The minimum absolute atomic E-state index is 0.230. The molecule has 0 spiro atoms. The van der Waals surface area contributed by atoms with Gasteiger partial charge in [-0.25, -0.2) is 9.18 Å². The molecule has 1 aromatic rings. The van der Waals surface area contributed by atoms with Crippen molar-refractivity contribution in [2.24, 2.45) is 0 Å². The summed E-state index contributed by atoms with van der Waals surface area (Å²) in [5.41, 5.74) is 0.633. The highest BCUT2D eigenvalue weighted by Crippen LogP contribution is 2.20. The fourth-order valence-corrected chi connectivity index (χ4v) is 1.39. The van der Waals surface area contributed by atoms with Gasteiger partial charge in [-0.05, 0) is 18.2 Å². The lowest BCUT2D eigenvalue weighted by molar-refractivity contribution is 0.208. The second-order valence-corrected chi connectivity index (χ2v) is 3.37. The van der Waals surface area contributed by atoms with Crippen molar-refractivity contribution >= 4 is 6.03 Å². The predicted molar refractivity (Wildman–Crippen MR) is 58.9 cm³/mol. The molecular formula is C11H15FN2O2. The first-order valence-corrected chi connectivity index (χ1v) is 4.83. The first kappa shape index (κ1) is 12.3. The van der Waals surface area contributed by atoms with Crippen molar-refractivity contribution in [1.29, 1.82) is 0 Å². The summed E-state index contributed by atoms with van der Waals surface area (Å²) in [7, 11) is 4.68. The first-order chi connectivity index (χ1) is 7.58. The van der Waals surface area contributed by atoms with Crippen LogP contribution in [0.5, 0.6) is 5.75 Å². The summed E-state index contributed by atoms with van der Waals surface area (Å²) in [6, 6.07) is 3.99. The Hall–Kier alpha value is -1.78. The van der Waals surface area contributed by atoms with Gasteiger partial charge < -0.3 is 15.0 Å². The van der Waals surface area contributed by atoms with Gasteiger partial charge in [-0.15, -0.1) is 0 Å². The summed E-state index contributed by atoms with van der Waals surface area (Å²) >= 11 is 0. The average Bonchev–Trinajstić information content (AvgIpc) is 2.28. The number of rotatable bonds is 3. The van der Waals surface area contributed by atoms with Crippen LogP contribution in [0.3, 0.4) is 0 Å². The number of hydrogen-bond donors (Lipinski definition) is 1. The highest BCUT2D eigenvalue weighted by atomic mass is 19.1. The highest BCUT2D eigenvalue weighted by Gasteiger charge is 2.11. The molecule has 2 amide bonds. The molecule has 1 aromatic carbocycles. The van der Waals surface area contributed by atoms with Gasteiger partial charge >= 0.3 is 6.03 Å². The normalized spacial score (nSPS) is 9.75. The molecule has 0 radical (unpaired) electrons. The molecule has 5 heteroatoms. The van der Waals surface area contributed by atoms with E-state index in [9.17, 15) is 9.18 Å². The van der Waals surface area contributed by atoms with E-state index in [1.54, 1.807) is 20.2 Å². The lowest BCUT2D eigenvalue weighted by Crippen LogP contribution is -2.34. The maximum Gasteiger partial charge on any atom is 0.317 e. The van der Waals surface area contributed by atoms with Crippen molar-refractivity contribution in [2.75, 3.05) is 21.2 Å². The van der Waals surface area contributed by atoms with E-state index in [0.717, 1.165) is 0 Å². The standard InChI is InChI=1S/C11H15FN2O2/c1-13-11(15)14(2)7-8-6-9(12)4-5-10(8)16-3/h4-6H,7H2,1-3H3,(H,13,15). The molecule has 1 rings (SSSR count). The summed E-state index contributed by atoms with van der Waals surface area (Å²) in [5, 5.41) is 2.49. The Balaban J connectivity index is 2.86. The summed E-state index contributed by atoms with van der Waals surface area (Å²) in [6.07, 6.45) is 0. The van der Waals surface area contributed by atoms with Crippen LogP contribution >= 0.6 is 0 Å². The summed E-state index contributed by atoms with van der Waals surface area (Å²) in [6.45, 7) is 0.292. The monoisotopic (exact) mass is 226 g/mol. The Morgan fingerprint density at radius 3 is 2.81 bits per heavy atom. The van der Waals surface area contributed by atoms with E-state index < -0.39 is 0 Å². The van der Waals surface area contributed by atoms with Crippen LogP contribution in [-0.2, 0) is 6.54 Å². The molecular weight excluding hydrogens is 211 g/mol. The molecule has 0 saturated carbocycles. The van der Waals surface area contributed by atoms with Crippen molar-refractivity contribution in [3.63, 3.8) is 0 Å². The van der Waals surface area contributed by atoms with Crippen LogP contribution in [0.2, 0.25) is 0 Å². The Morgan fingerprint density at radius 2 is 2.25 bits per heavy atom. The number of urea groups is 1. The van der Waals surface area contributed by atoms with E-state index in [1.165, 1.54) is 24.1 Å². The number of carbonyl (C=O) groups excluding carboxylic acids is 1. The summed E-state index contributed by atoms with van der Waals surface area (Å²) in [4.78, 5) is 12.7. The molecule has 16 heavy (non-hydrogen) atoms. The van der Waals surface area contributed by atoms with E-state index in [0.29, 0.717) is 17.9 Å². The quantitative estimate of drug-likeness (QED) is 0.850. The fourth-order valence-electron chi connectivity index (χ4n) is 1.39. The van der Waals surface area contributed by atoms with Gasteiger partial charge in [0.05, 0.1) is 13.7 Å². The number of methoxy groups -OCH3 is 1. The van der Waals surface area contributed by atoms with Gasteiger partial charge in [0.15, 0.2) is 0 Å². The molecule has 0 saturated heterocycles. The first-order valence-electron chi connectivity index (χ1n) is 4.83. The molecule has 0 heterocycles. The zero-order chi connectivity index (χ0) is 12.1. The van der Waals surface area contributed by atoms with Crippen molar-refractivity contribution in [2.45, 2.75) is 6.54 Å². The topological polar surface area (TPSA) is 41.6 Å². The van der Waals surface area contributed by atoms with Crippen molar-refractivity contribution in [1.82, 2.24) is 10.2 Å². The SMILES string of the molecule is CNC(=O)N(C)Cc1cc(F)ccc1OC. The lowest BCUT2D eigenvalue weighted by atomic mass is 10.2. The zero-order valence-corrected chi connectivity index (χ0v) is 9.58. The molecule has 0 aliphatic heterocycles. The predicted octanol–water partition coefficient (Wildman–Crippen LogP) is 1.61. The maximum absolute atomic E-state index is 13.0. The number of hydrogen-bond acceptors (Lipinski definition) is 2. The summed E-state index contributed by atoms with van der Waals surface area (Å²) < 4.78 is 18.1. The lowest BCUT2D eigenvalue weighted by Gasteiger charge is -2.18. The van der Waals surface area contributed by atoms with Gasteiger partial charge in [-0.1, -0.05) is 0 Å². The second kappa shape index (κ2) is 5.34. The number of ether oxygens (including phenoxy) is 1. The molecule has 1 N–H and O–H groups in total. The minimum Gasteiger partial charge on any atom is -0.496 e. The third kappa shape index (κ3) is 2.85. The Morgan fingerprint density at radius 1 is 1.56 bits per heavy atom. The molecule has 0 aromatic heterocycles. The van der Waals surface area contributed by atoms with Crippen LogP contribution in [0, 0.1) is 5.82 Å². The maximum atomic E-state index is 13.0. The average molecular weight is 226 g/mol. The molecule has 0 aliphatic carbocycles. The van der Waals surface area contributed by atoms with Crippen LogP contribution in [0.4, 0.5) is 9.18 Å². The minimum atomic E-state index is -0.346. The second-order valence-electron chi connectivity index (χ2n) is 3.37. The van der Waals surface area contributed by atoms with Crippen molar-refractivity contribution < 1.29 is 13.9 Å². The number of halogens is 1. The van der Waals surface area contributed by atoms with Gasteiger partial charge in [0, 0.05) is 19.7 Å². The van der Waals surface area contributed by atoms with Gasteiger partial charge in [0.1, 0.15) is 11.6 Å². The zero-order valence-electron chi connectivity index (χ0n) is 9.58. The van der Waals surface area contributed by atoms with E-state index in [2.05, 4.69) is 5.32 Å². The van der Waals surface area contributed by atoms with Gasteiger partial charge in [0.25, 0.3) is 0 Å². The van der Waals surface area contributed by atoms with E-state index in [4.69, 9.17) is 4.74 Å². The smallest absolute Gasteiger partial charge is 0.317 e. The van der Waals surface area contributed by atoms with Gasteiger partial charge in [-0.2, -0.15) is 0 Å². The number of benzene rings is 1. The molecule has 88 valence electrons. The van der Waals surface area contributed by atoms with E-state index in [1.807, 2.05) is 0 Å². The van der Waals surface area contributed by atoms with Crippen LogP contribution in [-0.4, -0.2) is 32.1 Å². The molecule has 0 unspecified atom stereocenters.